The number of thiophene rings is 1. The van der Waals surface area contributed by atoms with Crippen molar-refractivity contribution in [1.82, 2.24) is 9.88 Å². The number of nitrogens with one attached hydrogen (secondary N) is 1. The Morgan fingerprint density at radius 2 is 2.36 bits per heavy atom. The molecule has 0 radical (unpaired) electrons. The molecule has 0 unspecified atom stereocenters. The lowest BCUT2D eigenvalue weighted by Gasteiger charge is -2.29. The Balaban J connectivity index is 1.68. The van der Waals surface area contributed by atoms with Crippen molar-refractivity contribution in [3.8, 4) is 0 Å². The van der Waals surface area contributed by atoms with E-state index in [-0.39, 0.29) is 11.9 Å². The SMILES string of the molecule is C[C@@H](C(=O)Nc1ccc(Cl)cn1)N1CCC[C@H]1c1ccsc1. The van der Waals surface area contributed by atoms with Crippen LogP contribution in [0.1, 0.15) is 31.4 Å². The highest BCUT2D eigenvalue weighted by atomic mass is 35.5. The van der Waals surface area contributed by atoms with Gasteiger partial charge in [0.2, 0.25) is 5.91 Å². The molecule has 0 bridgehead atoms. The standard InChI is InChI=1S/C16H18ClN3OS/c1-11(16(21)19-15-5-4-13(17)9-18-15)20-7-2-3-14(20)12-6-8-22-10-12/h4-6,8-11,14H,2-3,7H2,1H3,(H,18,19,21)/t11-,14-/m0/s1. The molecule has 1 aliphatic rings. The topological polar surface area (TPSA) is 45.2 Å². The third-order valence-electron chi connectivity index (χ3n) is 4.08. The number of anilines is 1. The largest absolute Gasteiger partial charge is 0.309 e. The van der Waals surface area contributed by atoms with Gasteiger partial charge in [0, 0.05) is 12.2 Å². The molecule has 1 amide bonds. The second-order valence-corrected chi connectivity index (χ2v) is 6.70. The number of carbonyl (C=O) groups is 1. The van der Waals surface area contributed by atoms with Crippen LogP contribution in [-0.2, 0) is 4.79 Å². The van der Waals surface area contributed by atoms with Crippen LogP contribution < -0.4 is 5.32 Å². The van der Waals surface area contributed by atoms with Gasteiger partial charge in [-0.3, -0.25) is 9.69 Å². The zero-order valence-electron chi connectivity index (χ0n) is 12.3. The Labute approximate surface area is 139 Å². The summed E-state index contributed by atoms with van der Waals surface area (Å²) in [5.41, 5.74) is 1.31. The van der Waals surface area contributed by atoms with Crippen LogP contribution in [0.15, 0.2) is 35.2 Å². The van der Waals surface area contributed by atoms with Crippen molar-refractivity contribution >= 4 is 34.7 Å². The van der Waals surface area contributed by atoms with Crippen LogP contribution >= 0.6 is 22.9 Å². The number of pyridine rings is 1. The van der Waals surface area contributed by atoms with Gasteiger partial charge in [0.05, 0.1) is 11.1 Å². The van der Waals surface area contributed by atoms with Crippen LogP contribution in [0.3, 0.4) is 0 Å². The van der Waals surface area contributed by atoms with E-state index in [2.05, 4.69) is 32.0 Å². The molecule has 0 aromatic carbocycles. The Bertz CT molecular complexity index is 629. The van der Waals surface area contributed by atoms with Gasteiger partial charge >= 0.3 is 0 Å². The minimum Gasteiger partial charge on any atom is -0.309 e. The van der Waals surface area contributed by atoms with E-state index >= 15 is 0 Å². The Kier molecular flexibility index (Phi) is 4.76. The summed E-state index contributed by atoms with van der Waals surface area (Å²) in [5.74, 6) is 0.504. The number of hydrogen-bond acceptors (Lipinski definition) is 4. The molecule has 2 aromatic rings. The van der Waals surface area contributed by atoms with E-state index in [9.17, 15) is 4.79 Å². The molecule has 6 heteroatoms. The van der Waals surface area contributed by atoms with Crippen LogP contribution in [0.25, 0.3) is 0 Å². The van der Waals surface area contributed by atoms with Crippen LogP contribution in [0.2, 0.25) is 5.02 Å². The highest BCUT2D eigenvalue weighted by molar-refractivity contribution is 7.07. The monoisotopic (exact) mass is 335 g/mol. The van der Waals surface area contributed by atoms with Crippen molar-refractivity contribution in [3.05, 3.63) is 45.7 Å². The lowest BCUT2D eigenvalue weighted by Crippen LogP contribution is -2.41. The number of nitrogens with zero attached hydrogens (tertiary/aromatic N) is 2. The molecule has 2 aromatic heterocycles. The van der Waals surface area contributed by atoms with Crippen molar-refractivity contribution < 1.29 is 4.79 Å². The molecule has 116 valence electrons. The van der Waals surface area contributed by atoms with Crippen LogP contribution in [0.5, 0.6) is 0 Å². The van der Waals surface area contributed by atoms with Gasteiger partial charge in [-0.2, -0.15) is 11.3 Å². The fraction of sp³-hybridized carbons (Fsp3) is 0.375. The van der Waals surface area contributed by atoms with Crippen LogP contribution in [0.4, 0.5) is 5.82 Å². The zero-order chi connectivity index (χ0) is 15.5. The summed E-state index contributed by atoms with van der Waals surface area (Å²) in [7, 11) is 0. The quantitative estimate of drug-likeness (QED) is 0.919. The predicted molar refractivity (Wildman–Crippen MR) is 90.3 cm³/mol. The number of rotatable bonds is 4. The van der Waals surface area contributed by atoms with Gasteiger partial charge in [0.15, 0.2) is 0 Å². The lowest BCUT2D eigenvalue weighted by molar-refractivity contribution is -0.121. The highest BCUT2D eigenvalue weighted by Crippen LogP contribution is 2.34. The van der Waals surface area contributed by atoms with Gasteiger partial charge in [-0.25, -0.2) is 4.98 Å². The van der Waals surface area contributed by atoms with Crippen LogP contribution in [0, 0.1) is 0 Å². The first-order valence-electron chi connectivity index (χ1n) is 7.35. The molecule has 0 saturated carbocycles. The van der Waals surface area contributed by atoms with Crippen molar-refractivity contribution in [2.45, 2.75) is 31.8 Å². The third-order valence-corrected chi connectivity index (χ3v) is 5.00. The Morgan fingerprint density at radius 3 is 3.05 bits per heavy atom. The second kappa shape index (κ2) is 6.77. The van der Waals surface area contributed by atoms with E-state index in [0.717, 1.165) is 19.4 Å². The lowest BCUT2D eigenvalue weighted by atomic mass is 10.1. The molecule has 0 spiro atoms. The van der Waals surface area contributed by atoms with Gasteiger partial charge in [0.1, 0.15) is 5.82 Å². The summed E-state index contributed by atoms with van der Waals surface area (Å²) >= 11 is 7.51. The molecule has 3 rings (SSSR count). The van der Waals surface area contributed by atoms with E-state index in [4.69, 9.17) is 11.6 Å². The molecule has 22 heavy (non-hydrogen) atoms. The average molecular weight is 336 g/mol. The Morgan fingerprint density at radius 1 is 1.50 bits per heavy atom. The molecule has 1 fully saturated rings. The maximum absolute atomic E-state index is 12.5. The average Bonchev–Trinajstić information content (AvgIpc) is 3.19. The minimum absolute atomic E-state index is 0.0306. The number of carbonyl (C=O) groups excluding carboxylic acids is 1. The molecule has 2 atom stereocenters. The third kappa shape index (κ3) is 3.32. The van der Waals surface area contributed by atoms with Crippen molar-refractivity contribution in [2.24, 2.45) is 0 Å². The molecule has 1 aliphatic heterocycles. The summed E-state index contributed by atoms with van der Waals surface area (Å²) in [6.07, 6.45) is 3.76. The normalized spacial score (nSPS) is 20.0. The second-order valence-electron chi connectivity index (χ2n) is 5.48. The zero-order valence-corrected chi connectivity index (χ0v) is 13.9. The van der Waals surface area contributed by atoms with Gasteiger partial charge in [-0.15, -0.1) is 0 Å². The number of aromatic nitrogens is 1. The van der Waals surface area contributed by atoms with E-state index in [1.54, 1.807) is 23.5 Å². The number of likely N-dealkylation sites (tertiary alicyclic amines) is 1. The van der Waals surface area contributed by atoms with E-state index in [1.807, 2.05) is 6.92 Å². The summed E-state index contributed by atoms with van der Waals surface area (Å²) in [6.45, 7) is 2.90. The summed E-state index contributed by atoms with van der Waals surface area (Å²) in [5, 5.41) is 7.69. The first-order chi connectivity index (χ1) is 10.6. The molecule has 1 saturated heterocycles. The maximum atomic E-state index is 12.5. The van der Waals surface area contributed by atoms with E-state index < -0.39 is 0 Å². The number of hydrogen-bond donors (Lipinski definition) is 1. The molecule has 0 aliphatic carbocycles. The van der Waals surface area contributed by atoms with Gasteiger partial charge in [0.25, 0.3) is 0 Å². The van der Waals surface area contributed by atoms with Gasteiger partial charge in [-0.1, -0.05) is 11.6 Å². The van der Waals surface area contributed by atoms with Crippen molar-refractivity contribution in [3.63, 3.8) is 0 Å². The molecular formula is C16H18ClN3OS. The van der Waals surface area contributed by atoms with E-state index in [1.165, 1.54) is 11.8 Å². The first kappa shape index (κ1) is 15.5. The van der Waals surface area contributed by atoms with Crippen LogP contribution in [-0.4, -0.2) is 28.4 Å². The van der Waals surface area contributed by atoms with Crippen molar-refractivity contribution in [1.29, 1.82) is 0 Å². The maximum Gasteiger partial charge on any atom is 0.242 e. The number of halogens is 1. The molecule has 4 nitrogen and oxygen atoms in total. The molecule has 3 heterocycles. The van der Waals surface area contributed by atoms with Gasteiger partial charge < -0.3 is 5.32 Å². The number of amides is 1. The first-order valence-corrected chi connectivity index (χ1v) is 8.67. The predicted octanol–water partition coefficient (Wildman–Crippen LogP) is 3.96. The van der Waals surface area contributed by atoms with E-state index in [0.29, 0.717) is 16.9 Å². The molecule has 1 N–H and O–H groups in total. The summed E-state index contributed by atoms with van der Waals surface area (Å²) in [6, 6.07) is 5.74. The smallest absolute Gasteiger partial charge is 0.242 e. The summed E-state index contributed by atoms with van der Waals surface area (Å²) in [4.78, 5) is 18.9. The van der Waals surface area contributed by atoms with Gasteiger partial charge in [-0.05, 0) is 60.8 Å². The molecular weight excluding hydrogens is 318 g/mol. The van der Waals surface area contributed by atoms with Crippen molar-refractivity contribution in [2.75, 3.05) is 11.9 Å². The summed E-state index contributed by atoms with van der Waals surface area (Å²) < 4.78 is 0. The fourth-order valence-corrected chi connectivity index (χ4v) is 3.73. The fourth-order valence-electron chi connectivity index (χ4n) is 2.91. The minimum atomic E-state index is -0.190. The Hall–Kier alpha value is -1.43. The highest BCUT2D eigenvalue weighted by Gasteiger charge is 2.33.